The highest BCUT2D eigenvalue weighted by Gasteiger charge is 2.30. The van der Waals surface area contributed by atoms with Gasteiger partial charge >= 0.3 is 0 Å². The molecular formula is C9H5Cl6N. The van der Waals surface area contributed by atoms with Gasteiger partial charge in [0.25, 0.3) is 0 Å². The van der Waals surface area contributed by atoms with Crippen LogP contribution in [0.5, 0.6) is 0 Å². The highest BCUT2D eigenvalue weighted by molar-refractivity contribution is 6.72. The molecule has 0 spiro atoms. The summed E-state index contributed by atoms with van der Waals surface area (Å²) in [7, 11) is 0. The van der Waals surface area contributed by atoms with Crippen molar-refractivity contribution in [2.75, 3.05) is 0 Å². The summed E-state index contributed by atoms with van der Waals surface area (Å²) < 4.78 is -1.70. The molecule has 0 aliphatic rings. The number of aliphatic imine (C=N–C) groups is 1. The number of alkyl halides is 4. The number of benzene rings is 1. The van der Waals surface area contributed by atoms with Crippen LogP contribution in [-0.2, 0) is 0 Å². The second-order valence-corrected chi connectivity index (χ2v) is 6.38. The average molecular weight is 340 g/mol. The second-order valence-electron chi connectivity index (χ2n) is 2.80. The van der Waals surface area contributed by atoms with Gasteiger partial charge in [0.15, 0.2) is 5.50 Å². The molecule has 88 valence electrons. The number of halogens is 6. The zero-order valence-electron chi connectivity index (χ0n) is 7.60. The van der Waals surface area contributed by atoms with E-state index in [0.29, 0.717) is 10.6 Å². The zero-order valence-corrected chi connectivity index (χ0v) is 12.1. The van der Waals surface area contributed by atoms with E-state index in [9.17, 15) is 0 Å². The van der Waals surface area contributed by atoms with E-state index in [4.69, 9.17) is 69.6 Å². The lowest BCUT2D eigenvalue weighted by Crippen LogP contribution is -2.18. The van der Waals surface area contributed by atoms with Crippen LogP contribution in [-0.4, -0.2) is 14.5 Å². The van der Waals surface area contributed by atoms with Gasteiger partial charge in [0.1, 0.15) is 5.17 Å². The van der Waals surface area contributed by atoms with Gasteiger partial charge in [-0.2, -0.15) is 0 Å². The summed E-state index contributed by atoms with van der Waals surface area (Å²) in [6.07, 6.45) is 0. The van der Waals surface area contributed by atoms with Crippen molar-refractivity contribution in [3.63, 3.8) is 0 Å². The van der Waals surface area contributed by atoms with Crippen LogP contribution >= 0.6 is 69.6 Å². The van der Waals surface area contributed by atoms with E-state index in [-0.39, 0.29) is 5.17 Å². The van der Waals surface area contributed by atoms with E-state index in [0.717, 1.165) is 0 Å². The fourth-order valence-corrected chi connectivity index (χ4v) is 1.48. The predicted octanol–water partition coefficient (Wildman–Crippen LogP) is 5.26. The Balaban J connectivity index is 2.89. The molecule has 0 aliphatic heterocycles. The minimum absolute atomic E-state index is 0.156. The van der Waals surface area contributed by atoms with Gasteiger partial charge in [-0.05, 0) is 12.1 Å². The first kappa shape index (κ1) is 14.7. The third-order valence-electron chi connectivity index (χ3n) is 1.58. The first-order chi connectivity index (χ1) is 7.30. The number of nitrogens with zero attached hydrogens (tertiary/aromatic N) is 1. The van der Waals surface area contributed by atoms with Crippen molar-refractivity contribution < 1.29 is 0 Å². The minimum atomic E-state index is -1.70. The molecule has 0 saturated heterocycles. The molecule has 1 aromatic rings. The van der Waals surface area contributed by atoms with Crippen molar-refractivity contribution in [1.82, 2.24) is 0 Å². The van der Waals surface area contributed by atoms with E-state index in [1.807, 2.05) is 0 Å². The van der Waals surface area contributed by atoms with Crippen molar-refractivity contribution in [1.29, 1.82) is 0 Å². The number of rotatable bonds is 2. The normalized spacial score (nSPS) is 15.0. The molecule has 0 heterocycles. The van der Waals surface area contributed by atoms with Crippen LogP contribution in [0.3, 0.4) is 0 Å². The second kappa shape index (κ2) is 5.99. The molecule has 0 aromatic heterocycles. The third-order valence-corrected chi connectivity index (χ3v) is 3.53. The van der Waals surface area contributed by atoms with Gasteiger partial charge in [-0.15, -0.1) is 0 Å². The van der Waals surface area contributed by atoms with Crippen LogP contribution in [0.4, 0.5) is 0 Å². The number of hydrogen-bond acceptors (Lipinski definition) is 1. The van der Waals surface area contributed by atoms with Gasteiger partial charge in [-0.3, -0.25) is 0 Å². The molecule has 0 saturated carbocycles. The van der Waals surface area contributed by atoms with E-state index in [1.165, 1.54) is 0 Å². The summed E-state index contributed by atoms with van der Waals surface area (Å²) in [6.45, 7) is 0. The summed E-state index contributed by atoms with van der Waals surface area (Å²) in [6, 6.07) is 6.73. The molecular weight excluding hydrogens is 335 g/mol. The van der Waals surface area contributed by atoms with Crippen molar-refractivity contribution in [2.24, 2.45) is 4.99 Å². The maximum Gasteiger partial charge on any atom is 0.226 e. The largest absolute Gasteiger partial charge is 0.248 e. The molecule has 1 unspecified atom stereocenters. The lowest BCUT2D eigenvalue weighted by atomic mass is 10.2. The molecule has 0 aliphatic carbocycles. The first-order valence-electron chi connectivity index (χ1n) is 4.00. The smallest absolute Gasteiger partial charge is 0.226 e. The van der Waals surface area contributed by atoms with Crippen LogP contribution in [0.15, 0.2) is 29.3 Å². The van der Waals surface area contributed by atoms with Crippen molar-refractivity contribution in [3.05, 3.63) is 34.9 Å². The molecule has 1 atom stereocenters. The Hall–Kier alpha value is 0.630. The van der Waals surface area contributed by atoms with Gasteiger partial charge in [0.05, 0.1) is 0 Å². The Morgan fingerprint density at radius 1 is 1.12 bits per heavy atom. The highest BCUT2D eigenvalue weighted by atomic mass is 35.6. The molecule has 0 amide bonds. The summed E-state index contributed by atoms with van der Waals surface area (Å²) in [5.74, 6) is 0. The molecule has 0 radical (unpaired) electrons. The molecule has 16 heavy (non-hydrogen) atoms. The van der Waals surface area contributed by atoms with Crippen molar-refractivity contribution >= 4 is 74.8 Å². The maximum absolute atomic E-state index is 5.91. The predicted molar refractivity (Wildman–Crippen MR) is 73.8 cm³/mol. The Kier molecular flexibility index (Phi) is 5.50. The molecule has 7 heteroatoms. The van der Waals surface area contributed by atoms with Crippen LogP contribution in [0.2, 0.25) is 5.02 Å². The lowest BCUT2D eigenvalue weighted by molar-refractivity contribution is 0.938. The van der Waals surface area contributed by atoms with Gasteiger partial charge in [0.2, 0.25) is 3.79 Å². The zero-order chi connectivity index (χ0) is 12.3. The summed E-state index contributed by atoms with van der Waals surface area (Å²) in [4.78, 5) is 3.86. The standard InChI is InChI=1S/C9H5Cl6N/c10-6-3-1-5(2-4-6)7(11)16-8(12)9(13,14)15/h1-4,8H. The SMILES string of the molecule is ClC(=NC(Cl)C(Cl)(Cl)Cl)c1ccc(Cl)cc1. The van der Waals surface area contributed by atoms with Crippen LogP contribution < -0.4 is 0 Å². The molecule has 0 bridgehead atoms. The Bertz CT molecular complexity index is 380. The van der Waals surface area contributed by atoms with Gasteiger partial charge in [0, 0.05) is 10.6 Å². The fourth-order valence-electron chi connectivity index (χ4n) is 0.835. The number of hydrogen-bond donors (Lipinski definition) is 0. The topological polar surface area (TPSA) is 12.4 Å². The van der Waals surface area contributed by atoms with Crippen LogP contribution in [0.25, 0.3) is 0 Å². The van der Waals surface area contributed by atoms with Gasteiger partial charge in [-0.1, -0.05) is 81.7 Å². The summed E-state index contributed by atoms with van der Waals surface area (Å²) in [5, 5.41) is 0.750. The fraction of sp³-hybridized carbons (Fsp3) is 0.222. The molecule has 1 nitrogen and oxygen atoms in total. The van der Waals surface area contributed by atoms with Crippen LogP contribution in [0.1, 0.15) is 5.56 Å². The van der Waals surface area contributed by atoms with Crippen molar-refractivity contribution in [3.8, 4) is 0 Å². The summed E-state index contributed by atoms with van der Waals surface area (Å²) in [5.41, 5.74) is -0.411. The van der Waals surface area contributed by atoms with E-state index < -0.39 is 9.29 Å². The summed E-state index contributed by atoms with van der Waals surface area (Å²) >= 11 is 34.0. The van der Waals surface area contributed by atoms with Gasteiger partial charge in [-0.25, -0.2) is 4.99 Å². The molecule has 0 N–H and O–H groups in total. The van der Waals surface area contributed by atoms with Crippen molar-refractivity contribution in [2.45, 2.75) is 9.29 Å². The Labute approximate surface area is 123 Å². The molecule has 1 rings (SSSR count). The van der Waals surface area contributed by atoms with E-state index >= 15 is 0 Å². The quantitative estimate of drug-likeness (QED) is 0.396. The minimum Gasteiger partial charge on any atom is -0.248 e. The maximum atomic E-state index is 5.91. The first-order valence-corrected chi connectivity index (χ1v) is 6.33. The van der Waals surface area contributed by atoms with E-state index in [2.05, 4.69) is 4.99 Å². The average Bonchev–Trinajstić information content (AvgIpc) is 2.17. The molecule has 1 aromatic carbocycles. The Morgan fingerprint density at radius 3 is 2.06 bits per heavy atom. The molecule has 0 fully saturated rings. The monoisotopic (exact) mass is 337 g/mol. The lowest BCUT2D eigenvalue weighted by Gasteiger charge is -2.14. The highest BCUT2D eigenvalue weighted by Crippen LogP contribution is 2.35. The van der Waals surface area contributed by atoms with Crippen LogP contribution in [0, 0.1) is 0 Å². The Morgan fingerprint density at radius 2 is 1.62 bits per heavy atom. The van der Waals surface area contributed by atoms with E-state index in [1.54, 1.807) is 24.3 Å². The van der Waals surface area contributed by atoms with Gasteiger partial charge < -0.3 is 0 Å². The third kappa shape index (κ3) is 4.48.